The molecule has 3 heterocycles. The standard InChI is InChI=1S/C54H36N4O/c1-54(2)45-22-11-9-18-39(45)42-30-31-43-40-19-10-12-23-46(40)58(49(43)48(42)54)37-27-24-35(25-28-37)52-55-51(34-16-7-4-8-17-34)56-53(57-52)36-26-29-41-44-21-13-20-38(33-14-5-3-6-15-33)50(44)59-47(41)32-36/h3-32H,1-2H3. The van der Waals surface area contributed by atoms with E-state index in [-0.39, 0.29) is 5.41 Å². The fourth-order valence-corrected chi connectivity index (χ4v) is 9.47. The third-order valence-corrected chi connectivity index (χ3v) is 12.2. The van der Waals surface area contributed by atoms with Crippen molar-refractivity contribution in [3.8, 4) is 62.1 Å². The molecule has 278 valence electrons. The molecule has 0 spiro atoms. The van der Waals surface area contributed by atoms with Crippen molar-refractivity contribution in [1.29, 1.82) is 0 Å². The largest absolute Gasteiger partial charge is 0.455 e. The maximum absolute atomic E-state index is 6.62. The fourth-order valence-electron chi connectivity index (χ4n) is 9.47. The van der Waals surface area contributed by atoms with E-state index < -0.39 is 0 Å². The van der Waals surface area contributed by atoms with Crippen LogP contribution in [0.2, 0.25) is 0 Å². The van der Waals surface area contributed by atoms with Gasteiger partial charge in [0.25, 0.3) is 0 Å². The number of furan rings is 1. The van der Waals surface area contributed by atoms with Crippen molar-refractivity contribution in [2.45, 2.75) is 19.3 Å². The third-order valence-electron chi connectivity index (χ3n) is 12.2. The van der Waals surface area contributed by atoms with Crippen molar-refractivity contribution in [3.05, 3.63) is 193 Å². The van der Waals surface area contributed by atoms with Gasteiger partial charge in [-0.2, -0.15) is 0 Å². The minimum Gasteiger partial charge on any atom is -0.455 e. The number of rotatable bonds is 5. The van der Waals surface area contributed by atoms with Crippen LogP contribution in [0.25, 0.3) is 106 Å². The zero-order valence-corrected chi connectivity index (χ0v) is 32.5. The quantitative estimate of drug-likeness (QED) is 0.175. The molecule has 59 heavy (non-hydrogen) atoms. The Balaban J connectivity index is 1.00. The van der Waals surface area contributed by atoms with Crippen LogP contribution in [0.15, 0.2) is 186 Å². The van der Waals surface area contributed by atoms with Gasteiger partial charge in [-0.05, 0) is 70.3 Å². The molecule has 0 N–H and O–H groups in total. The zero-order valence-electron chi connectivity index (χ0n) is 32.5. The minimum absolute atomic E-state index is 0.164. The summed E-state index contributed by atoms with van der Waals surface area (Å²) in [5.74, 6) is 1.81. The Labute approximate surface area is 340 Å². The van der Waals surface area contributed by atoms with Gasteiger partial charge in [0.1, 0.15) is 11.2 Å². The highest BCUT2D eigenvalue weighted by Gasteiger charge is 2.38. The molecule has 0 unspecified atom stereocenters. The molecule has 5 nitrogen and oxygen atoms in total. The minimum atomic E-state index is -0.164. The van der Waals surface area contributed by atoms with Gasteiger partial charge in [-0.1, -0.05) is 153 Å². The van der Waals surface area contributed by atoms with E-state index in [1.54, 1.807) is 0 Å². The maximum Gasteiger partial charge on any atom is 0.164 e. The molecule has 0 saturated carbocycles. The second-order valence-corrected chi connectivity index (χ2v) is 16.0. The molecular weight excluding hydrogens is 721 g/mol. The summed E-state index contributed by atoms with van der Waals surface area (Å²) in [6.45, 7) is 4.72. The fraction of sp³-hybridized carbons (Fsp3) is 0.0556. The summed E-state index contributed by atoms with van der Waals surface area (Å²) in [6, 6.07) is 64.0. The topological polar surface area (TPSA) is 56.7 Å². The van der Waals surface area contributed by atoms with Gasteiger partial charge in [0.2, 0.25) is 0 Å². The first-order valence-corrected chi connectivity index (χ1v) is 20.1. The Morgan fingerprint density at radius 1 is 0.441 bits per heavy atom. The predicted molar refractivity (Wildman–Crippen MR) is 241 cm³/mol. The summed E-state index contributed by atoms with van der Waals surface area (Å²) in [5.41, 5.74) is 15.2. The Bertz CT molecular complexity index is 3450. The lowest BCUT2D eigenvalue weighted by Crippen LogP contribution is -2.16. The summed E-state index contributed by atoms with van der Waals surface area (Å²) in [4.78, 5) is 15.3. The van der Waals surface area contributed by atoms with E-state index in [2.05, 4.69) is 164 Å². The molecule has 0 saturated heterocycles. The monoisotopic (exact) mass is 756 g/mol. The van der Waals surface area contributed by atoms with Crippen LogP contribution in [0.1, 0.15) is 25.0 Å². The van der Waals surface area contributed by atoms with E-state index in [0.717, 1.165) is 55.4 Å². The van der Waals surface area contributed by atoms with Crippen molar-refractivity contribution in [2.75, 3.05) is 0 Å². The molecule has 0 radical (unpaired) electrons. The molecule has 0 aliphatic heterocycles. The summed E-state index contributed by atoms with van der Waals surface area (Å²) in [6.07, 6.45) is 0. The molecule has 11 aromatic rings. The molecule has 0 atom stereocenters. The maximum atomic E-state index is 6.62. The molecule has 0 amide bonds. The Morgan fingerprint density at radius 3 is 1.81 bits per heavy atom. The average Bonchev–Trinajstić information content (AvgIpc) is 3.92. The highest BCUT2D eigenvalue weighted by atomic mass is 16.3. The summed E-state index contributed by atoms with van der Waals surface area (Å²) in [5, 5.41) is 4.64. The van der Waals surface area contributed by atoms with Crippen molar-refractivity contribution < 1.29 is 4.42 Å². The van der Waals surface area contributed by atoms with E-state index in [4.69, 9.17) is 19.4 Å². The van der Waals surface area contributed by atoms with Gasteiger partial charge in [0.05, 0.1) is 11.0 Å². The van der Waals surface area contributed by atoms with Gasteiger partial charge in [0.15, 0.2) is 17.5 Å². The number of hydrogen-bond donors (Lipinski definition) is 0. The first-order valence-electron chi connectivity index (χ1n) is 20.1. The van der Waals surface area contributed by atoms with Crippen molar-refractivity contribution >= 4 is 43.7 Å². The van der Waals surface area contributed by atoms with Crippen LogP contribution in [-0.4, -0.2) is 19.5 Å². The zero-order chi connectivity index (χ0) is 39.2. The van der Waals surface area contributed by atoms with Gasteiger partial charge < -0.3 is 8.98 Å². The van der Waals surface area contributed by atoms with E-state index in [1.165, 1.54) is 44.1 Å². The lowest BCUT2D eigenvalue weighted by Gasteiger charge is -2.23. The number of benzene rings is 8. The van der Waals surface area contributed by atoms with Gasteiger partial charge in [-0.3, -0.25) is 0 Å². The highest BCUT2D eigenvalue weighted by Crippen LogP contribution is 2.53. The Kier molecular flexibility index (Phi) is 7.20. The Morgan fingerprint density at radius 2 is 1.03 bits per heavy atom. The van der Waals surface area contributed by atoms with Crippen LogP contribution in [0, 0.1) is 0 Å². The van der Waals surface area contributed by atoms with E-state index in [9.17, 15) is 0 Å². The van der Waals surface area contributed by atoms with Gasteiger partial charge in [0, 0.05) is 54.9 Å². The lowest BCUT2D eigenvalue weighted by molar-refractivity contribution is 0.664. The third kappa shape index (κ3) is 5.08. The number of nitrogens with zero attached hydrogens (tertiary/aromatic N) is 4. The molecule has 3 aromatic heterocycles. The smallest absolute Gasteiger partial charge is 0.164 e. The molecule has 0 bridgehead atoms. The van der Waals surface area contributed by atoms with Crippen LogP contribution in [0.3, 0.4) is 0 Å². The van der Waals surface area contributed by atoms with Gasteiger partial charge in [-0.15, -0.1) is 0 Å². The highest BCUT2D eigenvalue weighted by molar-refractivity contribution is 6.13. The van der Waals surface area contributed by atoms with Crippen LogP contribution >= 0.6 is 0 Å². The average molecular weight is 757 g/mol. The van der Waals surface area contributed by atoms with Gasteiger partial charge >= 0.3 is 0 Å². The second-order valence-electron chi connectivity index (χ2n) is 16.0. The normalized spacial score (nSPS) is 13.1. The molecule has 1 aliphatic carbocycles. The first kappa shape index (κ1) is 33.5. The number of fused-ring (bicyclic) bond motifs is 10. The summed E-state index contributed by atoms with van der Waals surface area (Å²) in [7, 11) is 0. The summed E-state index contributed by atoms with van der Waals surface area (Å²) < 4.78 is 9.07. The van der Waals surface area contributed by atoms with Gasteiger partial charge in [-0.25, -0.2) is 15.0 Å². The molecular formula is C54H36N4O. The number of hydrogen-bond acceptors (Lipinski definition) is 4. The molecule has 5 heteroatoms. The number of para-hydroxylation sites is 2. The van der Waals surface area contributed by atoms with Crippen LogP contribution < -0.4 is 0 Å². The number of aromatic nitrogens is 4. The first-order chi connectivity index (χ1) is 29.0. The van der Waals surface area contributed by atoms with E-state index in [0.29, 0.717) is 17.5 Å². The SMILES string of the molecule is CC1(C)c2ccccc2-c2ccc3c4ccccc4n(-c4ccc(-c5nc(-c6ccccc6)nc(-c6ccc7c(c6)oc6c(-c8ccccc8)cccc67)n5)cc4)c3c21. The molecule has 0 fully saturated rings. The second kappa shape index (κ2) is 12.7. The van der Waals surface area contributed by atoms with Crippen molar-refractivity contribution in [3.63, 3.8) is 0 Å². The van der Waals surface area contributed by atoms with Crippen LogP contribution in [0.5, 0.6) is 0 Å². The summed E-state index contributed by atoms with van der Waals surface area (Å²) >= 11 is 0. The van der Waals surface area contributed by atoms with Crippen LogP contribution in [-0.2, 0) is 5.41 Å². The van der Waals surface area contributed by atoms with Crippen LogP contribution in [0.4, 0.5) is 0 Å². The van der Waals surface area contributed by atoms with Crippen molar-refractivity contribution in [1.82, 2.24) is 19.5 Å². The Hall–Kier alpha value is -7.63. The van der Waals surface area contributed by atoms with E-state index in [1.807, 2.05) is 36.4 Å². The van der Waals surface area contributed by atoms with E-state index >= 15 is 0 Å². The predicted octanol–water partition coefficient (Wildman–Crippen LogP) is 13.8. The lowest BCUT2D eigenvalue weighted by atomic mass is 9.81. The molecule has 8 aromatic carbocycles. The molecule has 1 aliphatic rings. The molecule has 12 rings (SSSR count). The van der Waals surface area contributed by atoms with Crippen molar-refractivity contribution in [2.24, 2.45) is 0 Å².